The zero-order valence-corrected chi connectivity index (χ0v) is 25.3. The molecule has 0 amide bonds. The van der Waals surface area contributed by atoms with Crippen LogP contribution in [0, 0.1) is 0 Å². The third kappa shape index (κ3) is 8.83. The van der Waals surface area contributed by atoms with Crippen LogP contribution in [0.2, 0.25) is 10.4 Å². The first-order chi connectivity index (χ1) is 17.9. The van der Waals surface area contributed by atoms with Crippen molar-refractivity contribution in [1.29, 1.82) is 0 Å². The molecule has 186 valence electrons. The summed E-state index contributed by atoms with van der Waals surface area (Å²) in [4.78, 5) is 0. The molecule has 0 saturated carbocycles. The van der Waals surface area contributed by atoms with Gasteiger partial charge in [0.15, 0.2) is 0 Å². The number of rotatable bonds is 15. The van der Waals surface area contributed by atoms with Gasteiger partial charge in [-0.1, -0.05) is 0 Å². The molecule has 0 aliphatic heterocycles. The molecule has 4 rings (SSSR count). The summed E-state index contributed by atoms with van der Waals surface area (Å²) < 4.78 is 6.40. The summed E-state index contributed by atoms with van der Waals surface area (Å²) in [5, 5.41) is 2.79. The number of hydrogen-bond donors (Lipinski definition) is 0. The Labute approximate surface area is 228 Å². The molecule has 0 heterocycles. The molecule has 0 N–H and O–H groups in total. The summed E-state index contributed by atoms with van der Waals surface area (Å²) in [5.41, 5.74) is 0. The van der Waals surface area contributed by atoms with Gasteiger partial charge in [0.2, 0.25) is 0 Å². The van der Waals surface area contributed by atoms with Crippen molar-refractivity contribution < 1.29 is 0 Å². The standard InChI is InChI=1S/C34H40As2/c1(3-5-19-29-35(31-21-11-7-12-22-31)32-23-13-8-14-24-32)2-4-6-20-30-36(33-25-15-9-16-26-33)34-27-17-10-18-28-34/h7-18,21-28H,1-6,19-20,29-30H2. The maximum absolute atomic E-state index is 2.36. The van der Waals surface area contributed by atoms with E-state index in [4.69, 9.17) is 0 Å². The van der Waals surface area contributed by atoms with Gasteiger partial charge in [0.25, 0.3) is 0 Å². The monoisotopic (exact) mass is 598 g/mol. The van der Waals surface area contributed by atoms with Gasteiger partial charge in [-0.2, -0.15) is 0 Å². The molecule has 0 aliphatic rings. The molecule has 2 heteroatoms. The quantitative estimate of drug-likeness (QED) is 0.105. The second-order valence-electron chi connectivity index (χ2n) is 9.47. The SMILES string of the molecule is c1ccc([As](CCCCCCCCCC[As](c2ccccc2)c2ccccc2)c2ccccc2)cc1. The van der Waals surface area contributed by atoms with E-state index in [-0.39, 0.29) is 0 Å². The molecule has 0 aliphatic carbocycles. The van der Waals surface area contributed by atoms with Crippen LogP contribution in [0.1, 0.15) is 51.4 Å². The minimum absolute atomic E-state index is 1.16. The van der Waals surface area contributed by atoms with Crippen LogP contribution < -0.4 is 17.4 Å². The van der Waals surface area contributed by atoms with E-state index in [1.807, 2.05) is 0 Å². The van der Waals surface area contributed by atoms with Crippen LogP contribution in [-0.2, 0) is 0 Å². The van der Waals surface area contributed by atoms with E-state index in [2.05, 4.69) is 121 Å². The predicted molar refractivity (Wildman–Crippen MR) is 162 cm³/mol. The minimum atomic E-state index is -1.16. The first-order valence-corrected chi connectivity index (χ1v) is 20.1. The van der Waals surface area contributed by atoms with Gasteiger partial charge in [0.1, 0.15) is 0 Å². The maximum atomic E-state index is 2.36. The van der Waals surface area contributed by atoms with Crippen molar-refractivity contribution in [3.63, 3.8) is 0 Å². The Morgan fingerprint density at radius 1 is 0.278 bits per heavy atom. The Kier molecular flexibility index (Phi) is 12.0. The van der Waals surface area contributed by atoms with E-state index in [0.717, 1.165) is 0 Å². The number of benzene rings is 4. The van der Waals surface area contributed by atoms with Crippen LogP contribution in [-0.4, -0.2) is 29.3 Å². The summed E-state index contributed by atoms with van der Waals surface area (Å²) in [6.45, 7) is 0. The van der Waals surface area contributed by atoms with Crippen LogP contribution in [0.5, 0.6) is 0 Å². The van der Waals surface area contributed by atoms with Crippen molar-refractivity contribution in [2.75, 3.05) is 0 Å². The molecule has 0 unspecified atom stereocenters. The van der Waals surface area contributed by atoms with Crippen LogP contribution in [0.15, 0.2) is 121 Å². The molecule has 0 saturated heterocycles. The molecule has 4 aromatic carbocycles. The van der Waals surface area contributed by atoms with Gasteiger partial charge >= 0.3 is 230 Å². The molecule has 0 fully saturated rings. The molecule has 0 radical (unpaired) electrons. The number of hydrogen-bond acceptors (Lipinski definition) is 0. The summed E-state index contributed by atoms with van der Waals surface area (Å²) >= 11 is -2.33. The van der Waals surface area contributed by atoms with Gasteiger partial charge in [-0.05, 0) is 0 Å². The Morgan fingerprint density at radius 3 is 0.750 bits per heavy atom. The van der Waals surface area contributed by atoms with Gasteiger partial charge in [-0.25, -0.2) is 0 Å². The van der Waals surface area contributed by atoms with Crippen LogP contribution >= 0.6 is 0 Å². The zero-order chi connectivity index (χ0) is 24.7. The predicted octanol–water partition coefficient (Wildman–Crippen LogP) is 6.73. The number of unbranched alkanes of at least 4 members (excludes halogenated alkanes) is 7. The summed E-state index contributed by atoms with van der Waals surface area (Å²) in [5.74, 6) is 0. The fraction of sp³-hybridized carbons (Fsp3) is 0.294. The fourth-order valence-electron chi connectivity index (χ4n) is 4.85. The Hall–Kier alpha value is -2.00. The summed E-state index contributed by atoms with van der Waals surface area (Å²) in [6, 6.07) is 45.1. The molecular formula is C34H40As2. The molecule has 0 bridgehead atoms. The second-order valence-corrected chi connectivity index (χ2v) is 19.3. The van der Waals surface area contributed by atoms with Crippen LogP contribution in [0.25, 0.3) is 0 Å². The summed E-state index contributed by atoms with van der Waals surface area (Å²) in [7, 11) is 0. The Balaban J connectivity index is 1.13. The second kappa shape index (κ2) is 16.0. The van der Waals surface area contributed by atoms with Gasteiger partial charge in [-0.3, -0.25) is 0 Å². The molecule has 0 spiro atoms. The van der Waals surface area contributed by atoms with Gasteiger partial charge < -0.3 is 0 Å². The molecule has 0 atom stereocenters. The van der Waals surface area contributed by atoms with Crippen LogP contribution in [0.3, 0.4) is 0 Å². The third-order valence-electron chi connectivity index (χ3n) is 6.78. The van der Waals surface area contributed by atoms with Crippen LogP contribution in [0.4, 0.5) is 0 Å². The van der Waals surface area contributed by atoms with E-state index >= 15 is 0 Å². The molecule has 4 aromatic rings. The topological polar surface area (TPSA) is 0 Å². The van der Waals surface area contributed by atoms with Crippen molar-refractivity contribution in [1.82, 2.24) is 0 Å². The third-order valence-corrected chi connectivity index (χ3v) is 17.7. The van der Waals surface area contributed by atoms with Crippen molar-refractivity contribution in [2.45, 2.75) is 61.8 Å². The zero-order valence-electron chi connectivity index (χ0n) is 21.5. The Morgan fingerprint density at radius 2 is 0.500 bits per heavy atom. The molecule has 0 aromatic heterocycles. The Bertz CT molecular complexity index is 911. The summed E-state index contributed by atoms with van der Waals surface area (Å²) in [6.07, 6.45) is 11.2. The van der Waals surface area contributed by atoms with Crippen molar-refractivity contribution in [3.05, 3.63) is 121 Å². The van der Waals surface area contributed by atoms with E-state index in [0.29, 0.717) is 0 Å². The first-order valence-electron chi connectivity index (χ1n) is 13.7. The average Bonchev–Trinajstić information content (AvgIpc) is 2.96. The van der Waals surface area contributed by atoms with Gasteiger partial charge in [0, 0.05) is 0 Å². The van der Waals surface area contributed by atoms with Crippen molar-refractivity contribution in [3.8, 4) is 0 Å². The average molecular weight is 599 g/mol. The van der Waals surface area contributed by atoms with E-state index in [1.54, 1.807) is 17.4 Å². The first kappa shape index (κ1) is 27.0. The fourth-order valence-corrected chi connectivity index (χ4v) is 15.0. The van der Waals surface area contributed by atoms with Crippen molar-refractivity contribution >= 4 is 46.7 Å². The normalized spacial score (nSPS) is 11.3. The van der Waals surface area contributed by atoms with E-state index in [9.17, 15) is 0 Å². The van der Waals surface area contributed by atoms with Gasteiger partial charge in [0.05, 0.1) is 0 Å². The van der Waals surface area contributed by atoms with Gasteiger partial charge in [-0.15, -0.1) is 0 Å². The molecule has 36 heavy (non-hydrogen) atoms. The molecular weight excluding hydrogens is 558 g/mol. The van der Waals surface area contributed by atoms with Crippen molar-refractivity contribution in [2.24, 2.45) is 0 Å². The van der Waals surface area contributed by atoms with E-state index < -0.39 is 29.3 Å². The van der Waals surface area contributed by atoms with E-state index in [1.165, 1.54) is 61.8 Å². The molecule has 0 nitrogen and oxygen atoms in total.